The van der Waals surface area contributed by atoms with Crippen molar-refractivity contribution in [1.82, 2.24) is 5.32 Å². The molecule has 3 aliphatic heterocycles. The van der Waals surface area contributed by atoms with E-state index in [1.807, 2.05) is 27.7 Å². The molecule has 3 rings (SSSR count). The highest BCUT2D eigenvalue weighted by Gasteiger charge is 2.57. The Morgan fingerprint density at radius 3 is 2.49 bits per heavy atom. The van der Waals surface area contributed by atoms with Crippen molar-refractivity contribution in [3.05, 3.63) is 48.6 Å². The van der Waals surface area contributed by atoms with Crippen LogP contribution in [0.2, 0.25) is 0 Å². The quantitative estimate of drug-likeness (QED) is 0.146. The molecule has 0 spiro atoms. The number of ether oxygens (including phenoxy) is 6. The number of hydrogen-bond acceptors (Lipinski definition) is 10. The van der Waals surface area contributed by atoms with Crippen LogP contribution < -0.4 is 5.32 Å². The highest BCUT2D eigenvalue weighted by Crippen LogP contribution is 2.44. The molecule has 12 nitrogen and oxygen atoms in total. The zero-order valence-corrected chi connectivity index (χ0v) is 25.8. The first kappa shape index (κ1) is 35.1. The van der Waals surface area contributed by atoms with Crippen molar-refractivity contribution in [3.8, 4) is 0 Å². The normalized spacial score (nSPS) is 36.1. The maximum Gasteiger partial charge on any atom is 0.328 e. The van der Waals surface area contributed by atoms with Crippen LogP contribution in [0.25, 0.3) is 0 Å². The number of allylic oxidation sites excluding steroid dienone is 4. The van der Waals surface area contributed by atoms with Gasteiger partial charge in [-0.25, -0.2) is 4.79 Å². The van der Waals surface area contributed by atoms with Gasteiger partial charge in [0, 0.05) is 44.5 Å². The average Bonchev–Trinajstić information content (AvgIpc) is 2.95. The highest BCUT2D eigenvalue weighted by atomic mass is 16.7. The Bertz CT molecular complexity index is 1070. The largest absolute Gasteiger partial charge is 0.478 e. The van der Waals surface area contributed by atoms with Crippen LogP contribution in [-0.2, 0) is 38.0 Å². The van der Waals surface area contributed by atoms with E-state index in [9.17, 15) is 19.8 Å². The van der Waals surface area contributed by atoms with Crippen molar-refractivity contribution in [2.45, 2.75) is 102 Å². The van der Waals surface area contributed by atoms with Gasteiger partial charge in [0.15, 0.2) is 12.3 Å². The van der Waals surface area contributed by atoms with Gasteiger partial charge in [0.2, 0.25) is 5.79 Å². The summed E-state index contributed by atoms with van der Waals surface area (Å²) in [5, 5.41) is 33.3. The molecule has 0 aromatic rings. The van der Waals surface area contributed by atoms with Crippen molar-refractivity contribution in [2.75, 3.05) is 21.0 Å². The van der Waals surface area contributed by atoms with Crippen LogP contribution in [0.3, 0.4) is 0 Å². The standard InChI is InChI=1S/C31H47NO11/c1-18-16-31(39-7,43-20(3)19(18)2)26(36)28(37)32-29-25-24(40-17-41-29)27(38-6)30(4,5)22(42-25)15-21(33)13-11-9-8-10-12-14-23(34)35/h8,10-14,19-22,24-27,29,33,36H,1,9,15-17H2,2-7H3,(H,32,37)(H,34,35)/b10-8+,13-11+,14-12+/t19-,20-,21?,22-,24+,25+,26-,27-,29+,31-/m1/s1. The van der Waals surface area contributed by atoms with E-state index in [4.69, 9.17) is 33.5 Å². The Hall–Kier alpha value is -2.42. The molecule has 43 heavy (non-hydrogen) atoms. The third-order valence-corrected chi connectivity index (χ3v) is 8.64. The lowest BCUT2D eigenvalue weighted by atomic mass is 9.72. The Labute approximate surface area is 253 Å². The summed E-state index contributed by atoms with van der Waals surface area (Å²) in [7, 11) is 2.95. The number of fused-ring (bicyclic) bond motifs is 1. The molecule has 12 heteroatoms. The summed E-state index contributed by atoms with van der Waals surface area (Å²) in [5.74, 6) is -3.37. The molecule has 0 aliphatic carbocycles. The van der Waals surface area contributed by atoms with E-state index in [-0.39, 0.29) is 31.7 Å². The van der Waals surface area contributed by atoms with Crippen LogP contribution in [-0.4, -0.2) is 103 Å². The Balaban J connectivity index is 1.71. The third-order valence-electron chi connectivity index (χ3n) is 8.64. The Kier molecular flexibility index (Phi) is 12.3. The van der Waals surface area contributed by atoms with Crippen molar-refractivity contribution >= 4 is 11.9 Å². The number of carboxylic acids is 1. The van der Waals surface area contributed by atoms with Gasteiger partial charge in [-0.15, -0.1) is 0 Å². The second kappa shape index (κ2) is 15.0. The Morgan fingerprint density at radius 1 is 1.14 bits per heavy atom. The molecule has 0 aromatic carbocycles. The molecule has 3 heterocycles. The molecule has 10 atom stereocenters. The van der Waals surface area contributed by atoms with Gasteiger partial charge in [-0.1, -0.05) is 63.3 Å². The number of aliphatic hydroxyl groups excluding tert-OH is 2. The predicted octanol–water partition coefficient (Wildman–Crippen LogP) is 2.21. The number of aliphatic carboxylic acids is 1. The number of carbonyl (C=O) groups is 2. The van der Waals surface area contributed by atoms with Gasteiger partial charge in [-0.3, -0.25) is 4.79 Å². The molecule has 1 unspecified atom stereocenters. The monoisotopic (exact) mass is 609 g/mol. The number of carbonyl (C=O) groups excluding carboxylic acids is 1. The Morgan fingerprint density at radius 2 is 1.86 bits per heavy atom. The van der Waals surface area contributed by atoms with E-state index in [0.29, 0.717) is 6.42 Å². The number of nitrogens with one attached hydrogen (secondary N) is 1. The van der Waals surface area contributed by atoms with Crippen LogP contribution >= 0.6 is 0 Å². The lowest BCUT2D eigenvalue weighted by Crippen LogP contribution is -2.69. The topological polar surface area (TPSA) is 162 Å². The van der Waals surface area contributed by atoms with E-state index in [2.05, 4.69) is 11.9 Å². The minimum absolute atomic E-state index is 0.0302. The average molecular weight is 610 g/mol. The molecule has 0 bridgehead atoms. The molecule has 3 aliphatic rings. The van der Waals surface area contributed by atoms with E-state index < -0.39 is 65.9 Å². The first-order valence-corrected chi connectivity index (χ1v) is 14.5. The highest BCUT2D eigenvalue weighted by molar-refractivity contribution is 5.82. The summed E-state index contributed by atoms with van der Waals surface area (Å²) in [6, 6.07) is 0. The summed E-state index contributed by atoms with van der Waals surface area (Å²) < 4.78 is 35.5. The van der Waals surface area contributed by atoms with E-state index >= 15 is 0 Å². The number of carboxylic acid groups (broad SMARTS) is 1. The number of rotatable bonds is 12. The van der Waals surface area contributed by atoms with Gasteiger partial charge >= 0.3 is 5.97 Å². The van der Waals surface area contributed by atoms with Crippen molar-refractivity contribution in [2.24, 2.45) is 11.3 Å². The summed E-state index contributed by atoms with van der Waals surface area (Å²) >= 11 is 0. The maximum absolute atomic E-state index is 13.4. The minimum Gasteiger partial charge on any atom is -0.478 e. The van der Waals surface area contributed by atoms with Crippen LogP contribution in [0.5, 0.6) is 0 Å². The molecule has 0 saturated carbocycles. The summed E-state index contributed by atoms with van der Waals surface area (Å²) in [4.78, 5) is 23.9. The summed E-state index contributed by atoms with van der Waals surface area (Å²) in [6.07, 6.45) is 3.81. The van der Waals surface area contributed by atoms with Crippen LogP contribution in [0.15, 0.2) is 48.6 Å². The molecular formula is C31H47NO11. The predicted molar refractivity (Wildman–Crippen MR) is 156 cm³/mol. The fourth-order valence-corrected chi connectivity index (χ4v) is 5.84. The van der Waals surface area contributed by atoms with Crippen LogP contribution in [0, 0.1) is 11.3 Å². The van der Waals surface area contributed by atoms with Gasteiger partial charge in [0.05, 0.1) is 24.4 Å². The van der Waals surface area contributed by atoms with Gasteiger partial charge in [-0.05, 0) is 13.3 Å². The lowest BCUT2D eigenvalue weighted by molar-refractivity contribution is -0.332. The number of aliphatic hydroxyl groups is 2. The van der Waals surface area contributed by atoms with E-state index in [0.717, 1.165) is 11.6 Å². The molecular weight excluding hydrogens is 562 g/mol. The van der Waals surface area contributed by atoms with E-state index in [1.165, 1.54) is 13.2 Å². The van der Waals surface area contributed by atoms with Crippen molar-refractivity contribution in [3.63, 3.8) is 0 Å². The fourth-order valence-electron chi connectivity index (χ4n) is 5.84. The SMILES string of the molecule is C=C1C[C@](OC)([C@H](O)C(=O)N[C@H]2OCO[C@H]3[C@@H]2O[C@H](CC(O)/C=C/C/C=C/C=C/C(=O)O)C(C)(C)[C@@H]3OC)O[C@H](C)[C@@H]1C. The lowest BCUT2D eigenvalue weighted by Gasteiger charge is -2.54. The smallest absolute Gasteiger partial charge is 0.328 e. The second-order valence-electron chi connectivity index (χ2n) is 11.9. The zero-order chi connectivity index (χ0) is 31.9. The van der Waals surface area contributed by atoms with Gasteiger partial charge in [0.25, 0.3) is 5.91 Å². The van der Waals surface area contributed by atoms with Crippen molar-refractivity contribution < 1.29 is 53.3 Å². The molecule has 3 saturated heterocycles. The zero-order valence-electron chi connectivity index (χ0n) is 25.8. The molecule has 3 fully saturated rings. The first-order valence-electron chi connectivity index (χ1n) is 14.5. The van der Waals surface area contributed by atoms with Crippen LogP contribution in [0.4, 0.5) is 0 Å². The molecule has 0 aromatic heterocycles. The van der Waals surface area contributed by atoms with Crippen LogP contribution in [0.1, 0.15) is 47.0 Å². The van der Waals surface area contributed by atoms with E-state index in [1.54, 1.807) is 31.4 Å². The number of hydrogen-bond donors (Lipinski definition) is 4. The number of methoxy groups -OCH3 is 2. The molecule has 1 amide bonds. The van der Waals surface area contributed by atoms with Gasteiger partial charge in [0.1, 0.15) is 19.0 Å². The van der Waals surface area contributed by atoms with Gasteiger partial charge < -0.3 is 49.1 Å². The minimum atomic E-state index is -1.69. The second-order valence-corrected chi connectivity index (χ2v) is 11.9. The molecule has 0 radical (unpaired) electrons. The first-order chi connectivity index (χ1) is 20.3. The van der Waals surface area contributed by atoms with Gasteiger partial charge in [-0.2, -0.15) is 0 Å². The molecule has 4 N–H and O–H groups in total. The summed E-state index contributed by atoms with van der Waals surface area (Å²) in [5.41, 5.74) is 0.207. The fraction of sp³-hybridized carbons (Fsp3) is 0.677. The number of amides is 1. The maximum atomic E-state index is 13.4. The van der Waals surface area contributed by atoms with Crippen molar-refractivity contribution in [1.29, 1.82) is 0 Å². The summed E-state index contributed by atoms with van der Waals surface area (Å²) in [6.45, 7) is 11.7. The molecule has 242 valence electrons. The third kappa shape index (κ3) is 8.20.